The molecule has 0 unspecified atom stereocenters. The van der Waals surface area contributed by atoms with Gasteiger partial charge in [0.2, 0.25) is 0 Å². The zero-order valence-electron chi connectivity index (χ0n) is 14.3. The second-order valence-corrected chi connectivity index (χ2v) is 7.35. The molecular weight excluding hydrogens is 336 g/mol. The normalized spacial score (nSPS) is 33.2. The standard InChI is InChI=1S/C20H18O6/c1-10-14-6-12(21)7-15-19(23)25-9-20(14,15)4-2-13-16(10)17(26-18(13)22)11-3-5-24-8-11/h3,5,7-8,12,17,21H,2,4,6,9H2,1H3/t12-,17+,20+/m1/s1. The summed E-state index contributed by atoms with van der Waals surface area (Å²) in [6.45, 7) is 2.22. The summed E-state index contributed by atoms with van der Waals surface area (Å²) < 4.78 is 16.2. The summed E-state index contributed by atoms with van der Waals surface area (Å²) in [5, 5.41) is 10.3. The number of cyclic esters (lactones) is 2. The molecule has 6 heteroatoms. The van der Waals surface area contributed by atoms with Crippen LogP contribution in [-0.4, -0.2) is 29.8 Å². The average Bonchev–Trinajstić information content (AvgIpc) is 3.30. The Bertz CT molecular complexity index is 916. The van der Waals surface area contributed by atoms with Crippen LogP contribution in [0.2, 0.25) is 0 Å². The number of rotatable bonds is 1. The maximum absolute atomic E-state index is 12.5. The number of aliphatic hydroxyl groups is 1. The van der Waals surface area contributed by atoms with E-state index in [1.807, 2.05) is 6.92 Å². The number of aliphatic hydroxyl groups excluding tert-OH is 1. The molecular formula is C20H18O6. The quantitative estimate of drug-likeness (QED) is 0.780. The van der Waals surface area contributed by atoms with Gasteiger partial charge in [-0.15, -0.1) is 0 Å². The second-order valence-electron chi connectivity index (χ2n) is 7.35. The fourth-order valence-electron chi connectivity index (χ4n) is 4.87. The van der Waals surface area contributed by atoms with E-state index >= 15 is 0 Å². The third kappa shape index (κ3) is 1.90. The summed E-state index contributed by atoms with van der Waals surface area (Å²) >= 11 is 0. The van der Waals surface area contributed by atoms with Crippen LogP contribution in [0.5, 0.6) is 0 Å². The van der Waals surface area contributed by atoms with Crippen LogP contribution in [0, 0.1) is 5.41 Å². The zero-order valence-corrected chi connectivity index (χ0v) is 14.3. The van der Waals surface area contributed by atoms with Crippen LogP contribution in [0.15, 0.2) is 57.0 Å². The Kier molecular flexibility index (Phi) is 3.13. The van der Waals surface area contributed by atoms with Gasteiger partial charge in [-0.1, -0.05) is 0 Å². The van der Waals surface area contributed by atoms with E-state index in [1.54, 1.807) is 24.7 Å². The first-order valence-corrected chi connectivity index (χ1v) is 8.75. The summed E-state index contributed by atoms with van der Waals surface area (Å²) in [5.41, 5.74) is 4.15. The fourth-order valence-corrected chi connectivity index (χ4v) is 4.87. The Morgan fingerprint density at radius 1 is 1.27 bits per heavy atom. The summed E-state index contributed by atoms with van der Waals surface area (Å²) in [6.07, 6.45) is 5.03. The van der Waals surface area contributed by atoms with Gasteiger partial charge in [0.15, 0.2) is 6.10 Å². The van der Waals surface area contributed by atoms with Crippen molar-refractivity contribution < 1.29 is 28.6 Å². The molecule has 1 saturated heterocycles. The Morgan fingerprint density at radius 3 is 2.88 bits per heavy atom. The minimum Gasteiger partial charge on any atom is -0.472 e. The predicted octanol–water partition coefficient (Wildman–Crippen LogP) is 2.52. The Hall–Kier alpha value is -2.60. The number of carbonyl (C=O) groups excluding carboxylic acids is 2. The highest BCUT2D eigenvalue weighted by Gasteiger charge is 2.54. The zero-order chi connectivity index (χ0) is 18.1. The third-order valence-corrected chi connectivity index (χ3v) is 6.10. The maximum atomic E-state index is 12.5. The van der Waals surface area contributed by atoms with Gasteiger partial charge in [-0.3, -0.25) is 0 Å². The van der Waals surface area contributed by atoms with Crippen molar-refractivity contribution in [3.63, 3.8) is 0 Å². The van der Waals surface area contributed by atoms with Gasteiger partial charge in [0, 0.05) is 22.3 Å². The van der Waals surface area contributed by atoms with Crippen LogP contribution in [0.4, 0.5) is 0 Å². The number of carbonyl (C=O) groups is 2. The van der Waals surface area contributed by atoms with Crippen molar-refractivity contribution in [2.24, 2.45) is 5.41 Å². The molecule has 134 valence electrons. The van der Waals surface area contributed by atoms with Gasteiger partial charge in [-0.2, -0.15) is 0 Å². The lowest BCUT2D eigenvalue weighted by Gasteiger charge is -2.36. The van der Waals surface area contributed by atoms with Crippen LogP contribution in [0.1, 0.15) is 37.9 Å². The van der Waals surface area contributed by atoms with Gasteiger partial charge in [0.25, 0.3) is 0 Å². The van der Waals surface area contributed by atoms with Gasteiger partial charge in [0.05, 0.1) is 24.0 Å². The van der Waals surface area contributed by atoms with Crippen LogP contribution in [0.25, 0.3) is 0 Å². The van der Waals surface area contributed by atoms with Gasteiger partial charge in [-0.25, -0.2) is 9.59 Å². The molecule has 0 amide bonds. The van der Waals surface area contributed by atoms with E-state index in [-0.39, 0.29) is 18.5 Å². The topological polar surface area (TPSA) is 86.0 Å². The second kappa shape index (κ2) is 5.20. The van der Waals surface area contributed by atoms with Crippen LogP contribution in [-0.2, 0) is 19.1 Å². The smallest absolute Gasteiger partial charge is 0.335 e. The van der Waals surface area contributed by atoms with E-state index < -0.39 is 17.6 Å². The Balaban J connectivity index is 1.71. The van der Waals surface area contributed by atoms with Gasteiger partial charge >= 0.3 is 11.9 Å². The lowest BCUT2D eigenvalue weighted by Crippen LogP contribution is -2.33. The highest BCUT2D eigenvalue weighted by atomic mass is 16.6. The van der Waals surface area contributed by atoms with Crippen LogP contribution >= 0.6 is 0 Å². The lowest BCUT2D eigenvalue weighted by atomic mass is 9.66. The predicted molar refractivity (Wildman–Crippen MR) is 88.6 cm³/mol. The molecule has 1 N–H and O–H groups in total. The molecule has 0 bridgehead atoms. The number of hydrogen-bond donors (Lipinski definition) is 1. The third-order valence-electron chi connectivity index (χ3n) is 6.10. The summed E-state index contributed by atoms with van der Waals surface area (Å²) in [6, 6.07) is 1.79. The van der Waals surface area contributed by atoms with E-state index in [0.717, 1.165) is 22.3 Å². The van der Waals surface area contributed by atoms with Crippen molar-refractivity contribution in [3.05, 3.63) is 58.1 Å². The molecule has 2 aliphatic heterocycles. The first-order valence-electron chi connectivity index (χ1n) is 8.75. The fraction of sp³-hybridized carbons (Fsp3) is 0.400. The van der Waals surface area contributed by atoms with E-state index in [9.17, 15) is 14.7 Å². The van der Waals surface area contributed by atoms with Crippen molar-refractivity contribution in [1.29, 1.82) is 0 Å². The molecule has 0 aromatic carbocycles. The van der Waals surface area contributed by atoms with Gasteiger partial charge < -0.3 is 19.0 Å². The lowest BCUT2D eigenvalue weighted by molar-refractivity contribution is -0.140. The first-order chi connectivity index (χ1) is 12.5. The van der Waals surface area contributed by atoms with E-state index in [0.29, 0.717) is 30.4 Å². The highest BCUT2D eigenvalue weighted by Crippen LogP contribution is 2.56. The molecule has 0 radical (unpaired) electrons. The molecule has 1 fully saturated rings. The van der Waals surface area contributed by atoms with Crippen molar-refractivity contribution in [3.8, 4) is 0 Å². The molecule has 1 aromatic heterocycles. The summed E-state index contributed by atoms with van der Waals surface area (Å²) in [4.78, 5) is 24.8. The van der Waals surface area contributed by atoms with Crippen LogP contribution < -0.4 is 0 Å². The molecule has 3 atom stereocenters. The van der Waals surface area contributed by atoms with Gasteiger partial charge in [0.1, 0.15) is 6.61 Å². The average molecular weight is 354 g/mol. The van der Waals surface area contributed by atoms with E-state index in [4.69, 9.17) is 13.9 Å². The Morgan fingerprint density at radius 2 is 2.12 bits per heavy atom. The van der Waals surface area contributed by atoms with Crippen molar-refractivity contribution in [2.75, 3.05) is 6.61 Å². The molecule has 3 heterocycles. The molecule has 0 saturated carbocycles. The molecule has 6 nitrogen and oxygen atoms in total. The number of hydrogen-bond acceptors (Lipinski definition) is 6. The number of esters is 2. The van der Waals surface area contributed by atoms with Crippen molar-refractivity contribution >= 4 is 11.9 Å². The largest absolute Gasteiger partial charge is 0.472 e. The highest BCUT2D eigenvalue weighted by molar-refractivity contribution is 5.96. The minimum absolute atomic E-state index is 0.267. The molecule has 5 rings (SSSR count). The van der Waals surface area contributed by atoms with E-state index in [1.165, 1.54) is 0 Å². The molecule has 4 aliphatic rings. The molecule has 26 heavy (non-hydrogen) atoms. The molecule has 2 aliphatic carbocycles. The monoisotopic (exact) mass is 354 g/mol. The number of furan rings is 1. The summed E-state index contributed by atoms with van der Waals surface area (Å²) in [5.74, 6) is -0.692. The maximum Gasteiger partial charge on any atom is 0.335 e. The first kappa shape index (κ1) is 15.6. The van der Waals surface area contributed by atoms with Crippen molar-refractivity contribution in [2.45, 2.75) is 38.4 Å². The van der Waals surface area contributed by atoms with Gasteiger partial charge in [-0.05, 0) is 49.5 Å². The Labute approximate surface area is 149 Å². The number of ether oxygens (including phenoxy) is 2. The van der Waals surface area contributed by atoms with E-state index in [2.05, 4.69) is 0 Å². The minimum atomic E-state index is -0.735. The summed E-state index contributed by atoms with van der Waals surface area (Å²) in [7, 11) is 0. The molecule has 1 aromatic rings. The van der Waals surface area contributed by atoms with Crippen LogP contribution in [0.3, 0.4) is 0 Å². The molecule has 1 spiro atoms. The van der Waals surface area contributed by atoms with Crippen molar-refractivity contribution in [1.82, 2.24) is 0 Å². The SMILES string of the molecule is CC1=C2C[C@@H](O)C=C3C(=O)OC[C@]32CCC2=C1[C@H](c1ccoc1)OC2=O.